The van der Waals surface area contributed by atoms with Gasteiger partial charge in [0.25, 0.3) is 5.91 Å². The third-order valence-electron chi connectivity index (χ3n) is 2.81. The fourth-order valence-corrected chi connectivity index (χ4v) is 1.86. The summed E-state index contributed by atoms with van der Waals surface area (Å²) in [7, 11) is 0. The van der Waals surface area contributed by atoms with Crippen molar-refractivity contribution in [3.05, 3.63) is 41.6 Å². The number of ether oxygens (including phenoxy) is 2. The van der Waals surface area contributed by atoms with Gasteiger partial charge < -0.3 is 14.8 Å². The first-order valence-corrected chi connectivity index (χ1v) is 7.14. The van der Waals surface area contributed by atoms with Gasteiger partial charge in [-0.2, -0.15) is 4.98 Å². The average Bonchev–Trinajstić information content (AvgIpc) is 2.50. The van der Waals surface area contributed by atoms with E-state index in [1.807, 2.05) is 39.0 Å². The fraction of sp³-hybridized carbons (Fsp3) is 0.312. The summed E-state index contributed by atoms with van der Waals surface area (Å²) in [6.45, 7) is 6.50. The minimum atomic E-state index is -0.239. The maximum absolute atomic E-state index is 12.3. The molecule has 0 aliphatic carbocycles. The molecule has 0 fully saturated rings. The van der Waals surface area contributed by atoms with E-state index in [1.54, 1.807) is 6.07 Å². The highest BCUT2D eigenvalue weighted by molar-refractivity contribution is 6.04. The molecule has 0 spiro atoms. The van der Waals surface area contributed by atoms with Crippen LogP contribution in [0, 0.1) is 6.92 Å². The van der Waals surface area contributed by atoms with Crippen molar-refractivity contribution in [2.24, 2.45) is 0 Å². The second-order valence-electron chi connectivity index (χ2n) is 4.56. The van der Waals surface area contributed by atoms with E-state index in [0.717, 1.165) is 5.56 Å². The minimum absolute atomic E-state index is 0.222. The quantitative estimate of drug-likeness (QED) is 0.888. The highest BCUT2D eigenvalue weighted by Gasteiger charge is 2.13. The van der Waals surface area contributed by atoms with E-state index in [9.17, 15) is 4.79 Å². The lowest BCUT2D eigenvalue weighted by atomic mass is 10.1. The van der Waals surface area contributed by atoms with E-state index in [2.05, 4.69) is 15.3 Å². The van der Waals surface area contributed by atoms with Crippen LogP contribution in [-0.4, -0.2) is 29.1 Å². The summed E-state index contributed by atoms with van der Waals surface area (Å²) in [5.41, 5.74) is 1.99. The zero-order valence-corrected chi connectivity index (χ0v) is 12.9. The lowest BCUT2D eigenvalue weighted by Gasteiger charge is -2.11. The highest BCUT2D eigenvalue weighted by atomic mass is 16.5. The minimum Gasteiger partial charge on any atom is -0.476 e. The normalized spacial score (nSPS) is 10.1. The summed E-state index contributed by atoms with van der Waals surface area (Å²) in [6, 6.07) is 7.55. The first-order chi connectivity index (χ1) is 10.6. The van der Waals surface area contributed by atoms with Crippen LogP contribution in [0.4, 0.5) is 5.69 Å². The molecule has 0 atom stereocenters. The van der Waals surface area contributed by atoms with Gasteiger partial charge >= 0.3 is 6.01 Å². The van der Waals surface area contributed by atoms with Gasteiger partial charge in [0.05, 0.1) is 19.4 Å². The Hall–Kier alpha value is -2.63. The van der Waals surface area contributed by atoms with E-state index in [1.165, 1.54) is 6.20 Å². The maximum Gasteiger partial charge on any atom is 0.319 e. The molecule has 0 saturated carbocycles. The van der Waals surface area contributed by atoms with E-state index in [4.69, 9.17) is 9.47 Å². The number of nitrogens with zero attached hydrogens (tertiary/aromatic N) is 2. The molecule has 0 aliphatic rings. The monoisotopic (exact) mass is 301 g/mol. The second kappa shape index (κ2) is 7.40. The maximum atomic E-state index is 12.3. The standard InChI is InChI=1S/C16H19N3O3/c1-4-21-15-13(10-17-16(19-15)22-5-2)18-14(20)12-8-6-7-11(3)9-12/h6-10H,4-5H2,1-3H3,(H,18,20). The van der Waals surface area contributed by atoms with E-state index in [0.29, 0.717) is 30.3 Å². The summed E-state index contributed by atoms with van der Waals surface area (Å²) in [5.74, 6) is 0.0550. The predicted molar refractivity (Wildman–Crippen MR) is 83.5 cm³/mol. The van der Waals surface area contributed by atoms with Crippen molar-refractivity contribution in [1.29, 1.82) is 0 Å². The van der Waals surface area contributed by atoms with Crippen molar-refractivity contribution < 1.29 is 14.3 Å². The number of aryl methyl sites for hydroxylation is 1. The lowest BCUT2D eigenvalue weighted by Crippen LogP contribution is -2.14. The average molecular weight is 301 g/mol. The van der Waals surface area contributed by atoms with Crippen LogP contribution in [0.5, 0.6) is 11.9 Å². The van der Waals surface area contributed by atoms with Gasteiger partial charge in [-0.05, 0) is 32.9 Å². The molecule has 1 aromatic heterocycles. The Labute approximate surface area is 129 Å². The number of rotatable bonds is 6. The second-order valence-corrected chi connectivity index (χ2v) is 4.56. The van der Waals surface area contributed by atoms with Gasteiger partial charge in [-0.3, -0.25) is 4.79 Å². The zero-order chi connectivity index (χ0) is 15.9. The van der Waals surface area contributed by atoms with Crippen LogP contribution in [0.15, 0.2) is 30.5 Å². The number of nitrogens with one attached hydrogen (secondary N) is 1. The van der Waals surface area contributed by atoms with Gasteiger partial charge in [0.1, 0.15) is 5.69 Å². The van der Waals surface area contributed by atoms with Gasteiger partial charge in [-0.15, -0.1) is 0 Å². The van der Waals surface area contributed by atoms with Crippen molar-refractivity contribution in [2.45, 2.75) is 20.8 Å². The molecule has 2 aromatic rings. The fourth-order valence-electron chi connectivity index (χ4n) is 1.86. The third kappa shape index (κ3) is 3.94. The molecule has 1 amide bonds. The van der Waals surface area contributed by atoms with Crippen LogP contribution in [0.1, 0.15) is 29.8 Å². The largest absolute Gasteiger partial charge is 0.476 e. The van der Waals surface area contributed by atoms with Crippen LogP contribution < -0.4 is 14.8 Å². The van der Waals surface area contributed by atoms with Gasteiger partial charge in [-0.1, -0.05) is 17.7 Å². The predicted octanol–water partition coefficient (Wildman–Crippen LogP) is 2.83. The van der Waals surface area contributed by atoms with Crippen LogP contribution in [0.2, 0.25) is 0 Å². The molecule has 116 valence electrons. The number of carbonyl (C=O) groups excluding carboxylic acids is 1. The summed E-state index contributed by atoms with van der Waals surface area (Å²) in [5, 5.41) is 2.76. The lowest BCUT2D eigenvalue weighted by molar-refractivity contribution is 0.102. The zero-order valence-electron chi connectivity index (χ0n) is 12.9. The van der Waals surface area contributed by atoms with Crippen molar-refractivity contribution in [3.8, 4) is 11.9 Å². The molecular weight excluding hydrogens is 282 g/mol. The van der Waals surface area contributed by atoms with Crippen molar-refractivity contribution in [3.63, 3.8) is 0 Å². The summed E-state index contributed by atoms with van der Waals surface area (Å²) in [4.78, 5) is 20.5. The van der Waals surface area contributed by atoms with Crippen LogP contribution >= 0.6 is 0 Å². The Morgan fingerprint density at radius 1 is 1.23 bits per heavy atom. The number of hydrogen-bond acceptors (Lipinski definition) is 5. The molecule has 2 rings (SSSR count). The van der Waals surface area contributed by atoms with Gasteiger partial charge in [0.2, 0.25) is 5.88 Å². The molecule has 0 radical (unpaired) electrons. The first-order valence-electron chi connectivity index (χ1n) is 7.14. The molecule has 1 heterocycles. The number of benzene rings is 1. The molecule has 0 unspecified atom stereocenters. The van der Waals surface area contributed by atoms with E-state index < -0.39 is 0 Å². The van der Waals surface area contributed by atoms with Crippen molar-refractivity contribution in [1.82, 2.24) is 9.97 Å². The smallest absolute Gasteiger partial charge is 0.319 e. The molecular formula is C16H19N3O3. The summed E-state index contributed by atoms with van der Waals surface area (Å²) >= 11 is 0. The van der Waals surface area contributed by atoms with E-state index in [-0.39, 0.29) is 11.9 Å². The van der Waals surface area contributed by atoms with Crippen molar-refractivity contribution in [2.75, 3.05) is 18.5 Å². The first kappa shape index (κ1) is 15.8. The summed E-state index contributed by atoms with van der Waals surface area (Å²) < 4.78 is 10.7. The van der Waals surface area contributed by atoms with Crippen molar-refractivity contribution >= 4 is 11.6 Å². The Morgan fingerprint density at radius 2 is 2.00 bits per heavy atom. The van der Waals surface area contributed by atoms with Gasteiger partial charge in [-0.25, -0.2) is 4.98 Å². The Balaban J connectivity index is 2.22. The molecule has 1 aromatic carbocycles. The summed E-state index contributed by atoms with van der Waals surface area (Å²) in [6.07, 6.45) is 1.48. The number of carbonyl (C=O) groups is 1. The van der Waals surface area contributed by atoms with E-state index >= 15 is 0 Å². The topological polar surface area (TPSA) is 73.3 Å². The third-order valence-corrected chi connectivity index (χ3v) is 2.81. The Kier molecular flexibility index (Phi) is 5.30. The number of aromatic nitrogens is 2. The number of hydrogen-bond donors (Lipinski definition) is 1. The van der Waals surface area contributed by atoms with Gasteiger partial charge in [0, 0.05) is 5.56 Å². The highest BCUT2D eigenvalue weighted by Crippen LogP contribution is 2.24. The number of amides is 1. The molecule has 1 N–H and O–H groups in total. The molecule has 0 saturated heterocycles. The molecule has 0 bridgehead atoms. The molecule has 0 aliphatic heterocycles. The molecule has 6 heteroatoms. The van der Waals surface area contributed by atoms with Crippen LogP contribution in [0.3, 0.4) is 0 Å². The molecule has 6 nitrogen and oxygen atoms in total. The Morgan fingerprint density at radius 3 is 2.68 bits per heavy atom. The number of anilines is 1. The van der Waals surface area contributed by atoms with Gasteiger partial charge in [0.15, 0.2) is 0 Å². The van der Waals surface area contributed by atoms with Crippen LogP contribution in [-0.2, 0) is 0 Å². The Bertz CT molecular complexity index is 659. The SMILES string of the molecule is CCOc1ncc(NC(=O)c2cccc(C)c2)c(OCC)n1. The molecule has 22 heavy (non-hydrogen) atoms. The van der Waals surface area contributed by atoms with Crippen LogP contribution in [0.25, 0.3) is 0 Å².